The normalized spacial score (nSPS) is 10.8. The molecule has 0 atom stereocenters. The third kappa shape index (κ3) is 2.08. The summed E-state index contributed by atoms with van der Waals surface area (Å²) in [7, 11) is 0. The molecule has 0 amide bonds. The minimum absolute atomic E-state index is 0.296. The Morgan fingerprint density at radius 1 is 1.57 bits per heavy atom. The maximum absolute atomic E-state index is 13.4. The van der Waals surface area contributed by atoms with Gasteiger partial charge in [-0.3, -0.25) is 4.99 Å². The summed E-state index contributed by atoms with van der Waals surface area (Å²) in [6.45, 7) is 7.65. The van der Waals surface area contributed by atoms with Crippen LogP contribution in [0.2, 0.25) is 0 Å². The van der Waals surface area contributed by atoms with E-state index in [-0.39, 0.29) is 5.82 Å². The van der Waals surface area contributed by atoms with E-state index < -0.39 is 0 Å². The molecule has 0 spiro atoms. The Bertz CT molecular complexity index is 367. The van der Waals surface area contributed by atoms with Gasteiger partial charge in [-0.2, -0.15) is 0 Å². The molecule has 0 fully saturated rings. The maximum atomic E-state index is 13.4. The molecule has 1 rings (SSSR count). The van der Waals surface area contributed by atoms with Crippen molar-refractivity contribution in [2.45, 2.75) is 20.3 Å². The SMILES string of the molecule is C=C(CC)c1cccc(F)c1N=CC. The van der Waals surface area contributed by atoms with Crippen LogP contribution >= 0.6 is 0 Å². The second-order valence-corrected chi connectivity index (χ2v) is 2.98. The van der Waals surface area contributed by atoms with Crippen LogP contribution in [0.1, 0.15) is 25.8 Å². The number of rotatable bonds is 3. The van der Waals surface area contributed by atoms with Crippen LogP contribution in [0.4, 0.5) is 10.1 Å². The molecule has 1 aromatic rings. The van der Waals surface area contributed by atoms with Gasteiger partial charge in [-0.15, -0.1) is 0 Å². The molecular weight excluding hydrogens is 177 g/mol. The van der Waals surface area contributed by atoms with Crippen LogP contribution in [-0.4, -0.2) is 6.21 Å². The molecule has 0 bridgehead atoms. The summed E-state index contributed by atoms with van der Waals surface area (Å²) >= 11 is 0. The first-order valence-corrected chi connectivity index (χ1v) is 4.66. The average molecular weight is 191 g/mol. The predicted molar refractivity (Wildman–Crippen MR) is 59.6 cm³/mol. The van der Waals surface area contributed by atoms with Crippen molar-refractivity contribution < 1.29 is 4.39 Å². The summed E-state index contributed by atoms with van der Waals surface area (Å²) in [5.74, 6) is -0.296. The molecule has 0 saturated carbocycles. The molecule has 0 aromatic heterocycles. The van der Waals surface area contributed by atoms with E-state index in [2.05, 4.69) is 11.6 Å². The standard InChI is InChI=1S/C12H14FN/c1-4-9(3)10-7-6-8-11(13)12(10)14-5-2/h5-8H,3-4H2,1-2H3. The fourth-order valence-corrected chi connectivity index (χ4v) is 1.25. The molecule has 0 aliphatic carbocycles. The second-order valence-electron chi connectivity index (χ2n) is 2.98. The Morgan fingerprint density at radius 3 is 2.86 bits per heavy atom. The molecule has 1 aromatic carbocycles. The Labute approximate surface area is 84.0 Å². The third-order valence-corrected chi connectivity index (χ3v) is 2.05. The third-order valence-electron chi connectivity index (χ3n) is 2.05. The lowest BCUT2D eigenvalue weighted by Crippen LogP contribution is -1.86. The first-order chi connectivity index (χ1) is 6.70. The molecule has 0 aliphatic heterocycles. The van der Waals surface area contributed by atoms with E-state index in [0.717, 1.165) is 17.6 Å². The van der Waals surface area contributed by atoms with E-state index in [1.165, 1.54) is 6.07 Å². The van der Waals surface area contributed by atoms with Gasteiger partial charge in [0, 0.05) is 11.8 Å². The van der Waals surface area contributed by atoms with Crippen molar-refractivity contribution in [2.75, 3.05) is 0 Å². The summed E-state index contributed by atoms with van der Waals surface area (Å²) in [6.07, 6.45) is 2.39. The first-order valence-electron chi connectivity index (χ1n) is 4.66. The zero-order chi connectivity index (χ0) is 10.6. The van der Waals surface area contributed by atoms with Gasteiger partial charge in [0.2, 0.25) is 0 Å². The molecule has 0 N–H and O–H groups in total. The van der Waals surface area contributed by atoms with Gasteiger partial charge in [0.25, 0.3) is 0 Å². The number of para-hydroxylation sites is 1. The molecule has 74 valence electrons. The van der Waals surface area contributed by atoms with Crippen LogP contribution < -0.4 is 0 Å². The lowest BCUT2D eigenvalue weighted by Gasteiger charge is -2.07. The van der Waals surface area contributed by atoms with E-state index in [1.807, 2.05) is 13.0 Å². The van der Waals surface area contributed by atoms with Crippen LogP contribution in [0.25, 0.3) is 5.57 Å². The van der Waals surface area contributed by atoms with E-state index in [1.54, 1.807) is 19.2 Å². The number of hydrogen-bond donors (Lipinski definition) is 0. The summed E-state index contributed by atoms with van der Waals surface area (Å²) in [5, 5.41) is 0. The van der Waals surface area contributed by atoms with Gasteiger partial charge in [0.1, 0.15) is 11.5 Å². The molecule has 0 heterocycles. The first kappa shape index (κ1) is 10.6. The summed E-state index contributed by atoms with van der Waals surface area (Å²) in [6, 6.07) is 4.94. The minimum atomic E-state index is -0.296. The number of nitrogens with zero attached hydrogens (tertiary/aromatic N) is 1. The highest BCUT2D eigenvalue weighted by Crippen LogP contribution is 2.29. The van der Waals surface area contributed by atoms with Crippen LogP contribution in [0.3, 0.4) is 0 Å². The lowest BCUT2D eigenvalue weighted by molar-refractivity contribution is 0.629. The van der Waals surface area contributed by atoms with Crippen LogP contribution in [-0.2, 0) is 0 Å². The highest BCUT2D eigenvalue weighted by atomic mass is 19.1. The van der Waals surface area contributed by atoms with Crippen LogP contribution in [0.15, 0.2) is 29.8 Å². The van der Waals surface area contributed by atoms with E-state index in [0.29, 0.717) is 5.69 Å². The Hall–Kier alpha value is -1.44. The summed E-state index contributed by atoms with van der Waals surface area (Å²) < 4.78 is 13.4. The van der Waals surface area contributed by atoms with Gasteiger partial charge in [-0.25, -0.2) is 4.39 Å². The van der Waals surface area contributed by atoms with Crippen molar-refractivity contribution in [3.05, 3.63) is 36.2 Å². The Morgan fingerprint density at radius 2 is 2.29 bits per heavy atom. The molecule has 0 saturated heterocycles. The van der Waals surface area contributed by atoms with Gasteiger partial charge in [-0.05, 0) is 25.0 Å². The monoisotopic (exact) mass is 191 g/mol. The van der Waals surface area contributed by atoms with Crippen molar-refractivity contribution in [3.8, 4) is 0 Å². The lowest BCUT2D eigenvalue weighted by atomic mass is 10.0. The highest BCUT2D eigenvalue weighted by molar-refractivity contribution is 5.76. The largest absolute Gasteiger partial charge is 0.258 e. The van der Waals surface area contributed by atoms with Crippen LogP contribution in [0.5, 0.6) is 0 Å². The zero-order valence-electron chi connectivity index (χ0n) is 8.55. The molecule has 2 heteroatoms. The molecule has 14 heavy (non-hydrogen) atoms. The summed E-state index contributed by atoms with van der Waals surface area (Å²) in [5.41, 5.74) is 2.09. The average Bonchev–Trinajstić information content (AvgIpc) is 2.20. The van der Waals surface area contributed by atoms with Gasteiger partial charge < -0.3 is 0 Å². The Kier molecular flexibility index (Phi) is 3.57. The predicted octanol–water partition coefficient (Wildman–Crippen LogP) is 3.97. The van der Waals surface area contributed by atoms with Crippen molar-refractivity contribution >= 4 is 17.5 Å². The van der Waals surface area contributed by atoms with Crippen molar-refractivity contribution in [1.82, 2.24) is 0 Å². The van der Waals surface area contributed by atoms with Gasteiger partial charge >= 0.3 is 0 Å². The van der Waals surface area contributed by atoms with E-state index in [9.17, 15) is 4.39 Å². The maximum Gasteiger partial charge on any atom is 0.149 e. The molecule has 0 radical (unpaired) electrons. The highest BCUT2D eigenvalue weighted by Gasteiger charge is 2.07. The topological polar surface area (TPSA) is 12.4 Å². The summed E-state index contributed by atoms with van der Waals surface area (Å²) in [4.78, 5) is 4.01. The number of benzene rings is 1. The van der Waals surface area contributed by atoms with Crippen LogP contribution in [0, 0.1) is 5.82 Å². The molecular formula is C12H14FN. The van der Waals surface area contributed by atoms with Gasteiger partial charge in [0.05, 0.1) is 0 Å². The molecule has 0 unspecified atom stereocenters. The van der Waals surface area contributed by atoms with Crippen molar-refractivity contribution in [1.29, 1.82) is 0 Å². The number of aliphatic imine (C=N–C) groups is 1. The van der Waals surface area contributed by atoms with E-state index >= 15 is 0 Å². The van der Waals surface area contributed by atoms with Crippen molar-refractivity contribution in [2.24, 2.45) is 4.99 Å². The number of hydrogen-bond acceptors (Lipinski definition) is 1. The number of allylic oxidation sites excluding steroid dienone is 1. The molecule has 0 aliphatic rings. The minimum Gasteiger partial charge on any atom is -0.258 e. The smallest absolute Gasteiger partial charge is 0.149 e. The number of halogens is 1. The fourth-order valence-electron chi connectivity index (χ4n) is 1.25. The zero-order valence-corrected chi connectivity index (χ0v) is 8.55. The van der Waals surface area contributed by atoms with Crippen molar-refractivity contribution in [3.63, 3.8) is 0 Å². The van der Waals surface area contributed by atoms with Gasteiger partial charge in [0.15, 0.2) is 0 Å². The second kappa shape index (κ2) is 4.70. The quantitative estimate of drug-likeness (QED) is 0.641. The van der Waals surface area contributed by atoms with E-state index in [4.69, 9.17) is 0 Å². The fraction of sp³-hybridized carbons (Fsp3) is 0.250. The molecule has 1 nitrogen and oxygen atoms in total. The Balaban J connectivity index is 3.27. The van der Waals surface area contributed by atoms with Gasteiger partial charge in [-0.1, -0.05) is 25.6 Å².